The molecular weight excluding hydrogens is 378 g/mol. The lowest BCUT2D eigenvalue weighted by Gasteiger charge is -2.30. The number of benzene rings is 1. The molecule has 158 valence electrons. The van der Waals surface area contributed by atoms with Gasteiger partial charge in [0, 0.05) is 24.8 Å². The van der Waals surface area contributed by atoms with Crippen molar-refractivity contribution in [1.82, 2.24) is 14.8 Å². The van der Waals surface area contributed by atoms with Crippen molar-refractivity contribution in [2.45, 2.75) is 39.7 Å². The van der Waals surface area contributed by atoms with Crippen molar-refractivity contribution in [2.75, 3.05) is 36.5 Å². The molecule has 7 heteroatoms. The Kier molecular flexibility index (Phi) is 5.72. The molecule has 0 bridgehead atoms. The van der Waals surface area contributed by atoms with E-state index in [2.05, 4.69) is 43.0 Å². The van der Waals surface area contributed by atoms with E-state index in [1.54, 1.807) is 6.20 Å². The molecule has 0 atom stereocenters. The molecule has 3 aromatic rings. The van der Waals surface area contributed by atoms with E-state index in [-0.39, 0.29) is 17.9 Å². The number of anilines is 2. The molecule has 1 amide bonds. The van der Waals surface area contributed by atoms with Crippen LogP contribution in [0.3, 0.4) is 0 Å². The first-order valence-electron chi connectivity index (χ1n) is 10.6. The number of hydrogen-bond acceptors (Lipinski definition) is 5. The van der Waals surface area contributed by atoms with Crippen LogP contribution in [0.1, 0.15) is 55.7 Å². The smallest absolute Gasteiger partial charge is 0.256 e. The zero-order valence-corrected chi connectivity index (χ0v) is 18.1. The van der Waals surface area contributed by atoms with Crippen LogP contribution in [0.15, 0.2) is 36.5 Å². The fourth-order valence-electron chi connectivity index (χ4n) is 3.75. The second-order valence-electron chi connectivity index (χ2n) is 8.24. The predicted octanol–water partition coefficient (Wildman–Crippen LogP) is 4.22. The summed E-state index contributed by atoms with van der Waals surface area (Å²) in [5.41, 5.74) is 4.06. The van der Waals surface area contributed by atoms with Crippen molar-refractivity contribution in [2.24, 2.45) is 0 Å². The Bertz CT molecular complexity index is 1050. The average molecular weight is 408 g/mol. The van der Waals surface area contributed by atoms with Gasteiger partial charge < -0.3 is 15.0 Å². The van der Waals surface area contributed by atoms with Gasteiger partial charge in [0.15, 0.2) is 5.65 Å². The summed E-state index contributed by atoms with van der Waals surface area (Å²) in [5.74, 6) is 0.0606. The van der Waals surface area contributed by atoms with Gasteiger partial charge in [0.25, 0.3) is 5.91 Å². The van der Waals surface area contributed by atoms with E-state index in [1.165, 1.54) is 0 Å². The highest BCUT2D eigenvalue weighted by Crippen LogP contribution is 2.29. The van der Waals surface area contributed by atoms with E-state index in [4.69, 9.17) is 9.72 Å². The number of para-hydroxylation sites is 2. The van der Waals surface area contributed by atoms with Gasteiger partial charge in [0.2, 0.25) is 0 Å². The van der Waals surface area contributed by atoms with E-state index in [1.807, 2.05) is 35.0 Å². The molecule has 0 saturated carbocycles. The predicted molar refractivity (Wildman–Crippen MR) is 119 cm³/mol. The maximum absolute atomic E-state index is 13.4. The van der Waals surface area contributed by atoms with Crippen LogP contribution in [0.25, 0.3) is 11.0 Å². The Morgan fingerprint density at radius 1 is 1.13 bits per heavy atom. The lowest BCUT2D eigenvalue weighted by atomic mass is 10.0. The van der Waals surface area contributed by atoms with E-state index in [0.29, 0.717) is 18.8 Å². The standard InChI is InChI=1S/C23H29N5O2/c1-15(2)20-13-17(18-14-24-28(16(3)4)22(18)25-20)23(29)26-19-7-5-6-8-21(19)27-9-11-30-12-10-27/h5-8,13-16H,9-12H2,1-4H3,(H,26,29). The molecule has 1 fully saturated rings. The van der Waals surface area contributed by atoms with Crippen molar-refractivity contribution in [3.63, 3.8) is 0 Å². The van der Waals surface area contributed by atoms with Crippen molar-refractivity contribution in [3.05, 3.63) is 47.8 Å². The largest absolute Gasteiger partial charge is 0.378 e. The molecule has 1 saturated heterocycles. The zero-order valence-electron chi connectivity index (χ0n) is 18.1. The molecule has 4 rings (SSSR count). The number of carbonyl (C=O) groups excluding carboxylic acids is 1. The van der Waals surface area contributed by atoms with Crippen LogP contribution < -0.4 is 10.2 Å². The molecule has 7 nitrogen and oxygen atoms in total. The van der Waals surface area contributed by atoms with Crippen LogP contribution in [0.4, 0.5) is 11.4 Å². The first-order chi connectivity index (χ1) is 14.5. The molecule has 30 heavy (non-hydrogen) atoms. The van der Waals surface area contributed by atoms with Gasteiger partial charge in [-0.2, -0.15) is 5.10 Å². The summed E-state index contributed by atoms with van der Waals surface area (Å²) in [7, 11) is 0. The van der Waals surface area contributed by atoms with Gasteiger partial charge >= 0.3 is 0 Å². The fourth-order valence-corrected chi connectivity index (χ4v) is 3.75. The molecule has 0 spiro atoms. The number of nitrogens with one attached hydrogen (secondary N) is 1. The highest BCUT2D eigenvalue weighted by atomic mass is 16.5. The molecule has 1 aromatic carbocycles. The number of ether oxygens (including phenoxy) is 1. The Morgan fingerprint density at radius 2 is 1.87 bits per heavy atom. The third kappa shape index (κ3) is 3.89. The fraction of sp³-hybridized carbons (Fsp3) is 0.435. The Hall–Kier alpha value is -2.93. The number of hydrogen-bond donors (Lipinski definition) is 1. The number of amides is 1. The highest BCUT2D eigenvalue weighted by molar-refractivity contribution is 6.13. The first kappa shape index (κ1) is 20.3. The van der Waals surface area contributed by atoms with Gasteiger partial charge in [-0.15, -0.1) is 0 Å². The van der Waals surface area contributed by atoms with Gasteiger partial charge in [-0.25, -0.2) is 9.67 Å². The van der Waals surface area contributed by atoms with Crippen LogP contribution in [0, 0.1) is 0 Å². The Morgan fingerprint density at radius 3 is 2.57 bits per heavy atom. The number of pyridine rings is 1. The monoisotopic (exact) mass is 407 g/mol. The quantitative estimate of drug-likeness (QED) is 0.685. The number of aromatic nitrogens is 3. The normalized spacial score (nSPS) is 14.7. The Labute approximate surface area is 177 Å². The third-order valence-corrected chi connectivity index (χ3v) is 5.42. The molecule has 0 unspecified atom stereocenters. The Balaban J connectivity index is 1.72. The first-order valence-corrected chi connectivity index (χ1v) is 10.6. The second kappa shape index (κ2) is 8.44. The molecule has 2 aromatic heterocycles. The van der Waals surface area contributed by atoms with Crippen LogP contribution >= 0.6 is 0 Å². The molecule has 1 aliphatic heterocycles. The van der Waals surface area contributed by atoms with E-state index < -0.39 is 0 Å². The van der Waals surface area contributed by atoms with Crippen LogP contribution in [-0.4, -0.2) is 47.0 Å². The number of nitrogens with zero attached hydrogens (tertiary/aromatic N) is 4. The number of morpholine rings is 1. The second-order valence-corrected chi connectivity index (χ2v) is 8.24. The van der Waals surface area contributed by atoms with Crippen molar-refractivity contribution < 1.29 is 9.53 Å². The minimum atomic E-state index is -0.145. The molecule has 3 heterocycles. The van der Waals surface area contributed by atoms with Crippen LogP contribution in [0.2, 0.25) is 0 Å². The topological polar surface area (TPSA) is 72.3 Å². The molecule has 0 aliphatic carbocycles. The van der Waals surface area contributed by atoms with Gasteiger partial charge in [-0.3, -0.25) is 4.79 Å². The minimum absolute atomic E-state index is 0.145. The van der Waals surface area contributed by atoms with Gasteiger partial charge in [-0.05, 0) is 38.0 Å². The van der Waals surface area contributed by atoms with Crippen molar-refractivity contribution >= 4 is 28.3 Å². The maximum Gasteiger partial charge on any atom is 0.256 e. The molecular formula is C23H29N5O2. The highest BCUT2D eigenvalue weighted by Gasteiger charge is 2.21. The average Bonchev–Trinajstić information content (AvgIpc) is 3.18. The summed E-state index contributed by atoms with van der Waals surface area (Å²) >= 11 is 0. The number of fused-ring (bicyclic) bond motifs is 1. The summed E-state index contributed by atoms with van der Waals surface area (Å²) in [6.07, 6.45) is 1.75. The number of carbonyl (C=O) groups is 1. The molecule has 1 N–H and O–H groups in total. The molecule has 0 radical (unpaired) electrons. The van der Waals surface area contributed by atoms with E-state index in [0.717, 1.165) is 41.2 Å². The summed E-state index contributed by atoms with van der Waals surface area (Å²) in [4.78, 5) is 20.4. The lowest BCUT2D eigenvalue weighted by Crippen LogP contribution is -2.36. The summed E-state index contributed by atoms with van der Waals surface area (Å²) in [6.45, 7) is 11.3. The van der Waals surface area contributed by atoms with Crippen molar-refractivity contribution in [1.29, 1.82) is 0 Å². The van der Waals surface area contributed by atoms with Gasteiger partial charge in [0.05, 0.1) is 41.7 Å². The van der Waals surface area contributed by atoms with Gasteiger partial charge in [0.1, 0.15) is 0 Å². The minimum Gasteiger partial charge on any atom is -0.378 e. The summed E-state index contributed by atoms with van der Waals surface area (Å²) in [6, 6.07) is 9.98. The van der Waals surface area contributed by atoms with Crippen LogP contribution in [-0.2, 0) is 4.74 Å². The zero-order chi connectivity index (χ0) is 21.3. The third-order valence-electron chi connectivity index (χ3n) is 5.42. The SMILES string of the molecule is CC(C)c1cc(C(=O)Nc2ccccc2N2CCOCC2)c2cnn(C(C)C)c2n1. The summed E-state index contributed by atoms with van der Waals surface area (Å²) < 4.78 is 7.35. The van der Waals surface area contributed by atoms with Crippen LogP contribution in [0.5, 0.6) is 0 Å². The maximum atomic E-state index is 13.4. The molecule has 1 aliphatic rings. The lowest BCUT2D eigenvalue weighted by molar-refractivity contribution is 0.102. The van der Waals surface area contributed by atoms with E-state index in [9.17, 15) is 4.79 Å². The summed E-state index contributed by atoms with van der Waals surface area (Å²) in [5, 5.41) is 8.40. The van der Waals surface area contributed by atoms with E-state index >= 15 is 0 Å². The number of rotatable bonds is 5. The van der Waals surface area contributed by atoms with Crippen molar-refractivity contribution in [3.8, 4) is 0 Å². The van der Waals surface area contributed by atoms with Gasteiger partial charge in [-0.1, -0.05) is 26.0 Å².